The lowest BCUT2D eigenvalue weighted by Gasteiger charge is -2.23. The molecule has 1 atom stereocenters. The zero-order valence-corrected chi connectivity index (χ0v) is 14.2. The number of nitrogens with one attached hydrogen (secondary N) is 1. The fourth-order valence-electron chi connectivity index (χ4n) is 2.40. The highest BCUT2D eigenvalue weighted by molar-refractivity contribution is 7.99. The van der Waals surface area contributed by atoms with Gasteiger partial charge in [0, 0.05) is 40.7 Å². The number of thiophene rings is 1. The summed E-state index contributed by atoms with van der Waals surface area (Å²) >= 11 is 4.04. The van der Waals surface area contributed by atoms with E-state index >= 15 is 0 Å². The Hall–Kier alpha value is -0.0300. The van der Waals surface area contributed by atoms with Crippen LogP contribution >= 0.6 is 23.1 Å². The summed E-state index contributed by atoms with van der Waals surface area (Å²) in [6.45, 7) is 8.78. The lowest BCUT2D eigenvalue weighted by molar-refractivity contribution is 0.254. The first-order valence-corrected chi connectivity index (χ1v) is 9.13. The number of hydrogen-bond acceptors (Lipinski definition) is 4. The number of hydrogen-bond donors (Lipinski definition) is 1. The highest BCUT2D eigenvalue weighted by Crippen LogP contribution is 2.26. The van der Waals surface area contributed by atoms with Gasteiger partial charge in [-0.1, -0.05) is 13.8 Å². The van der Waals surface area contributed by atoms with Crippen LogP contribution in [0.15, 0.2) is 6.07 Å². The van der Waals surface area contributed by atoms with Gasteiger partial charge in [-0.2, -0.15) is 11.8 Å². The average molecular weight is 299 g/mol. The first-order valence-electron chi connectivity index (χ1n) is 7.16. The number of nitrogens with zero attached hydrogens (tertiary/aromatic N) is 1. The molecule has 1 fully saturated rings. The Balaban J connectivity index is 1.92. The van der Waals surface area contributed by atoms with Gasteiger partial charge in [0.1, 0.15) is 0 Å². The Bertz CT molecular complexity index is 395. The first-order chi connectivity index (χ1) is 9.06. The van der Waals surface area contributed by atoms with Gasteiger partial charge in [-0.05, 0) is 37.8 Å². The third-order valence-corrected chi connectivity index (χ3v) is 5.94. The lowest BCUT2D eigenvalue weighted by atomic mass is 10.2. The summed E-state index contributed by atoms with van der Waals surface area (Å²) in [7, 11) is 2.28. The molecular formula is C15H26N2S2. The first kappa shape index (κ1) is 15.4. The van der Waals surface area contributed by atoms with Crippen molar-refractivity contribution in [3.63, 3.8) is 0 Å². The van der Waals surface area contributed by atoms with Gasteiger partial charge in [-0.15, -0.1) is 11.3 Å². The minimum absolute atomic E-state index is 0.559. The van der Waals surface area contributed by atoms with E-state index < -0.39 is 0 Å². The van der Waals surface area contributed by atoms with Crippen molar-refractivity contribution in [2.45, 2.75) is 52.4 Å². The van der Waals surface area contributed by atoms with Gasteiger partial charge in [-0.3, -0.25) is 4.90 Å². The summed E-state index contributed by atoms with van der Waals surface area (Å²) in [4.78, 5) is 5.49. The molecule has 0 saturated carbocycles. The van der Waals surface area contributed by atoms with E-state index in [0.29, 0.717) is 6.04 Å². The second-order valence-corrected chi connectivity index (χ2v) is 8.25. The standard InChI is InChI=1S/C15H26N2S2/c1-11(2)16-8-15-7-13(12(3)19-15)9-17(4)14-5-6-18-10-14/h7,11,14,16H,5-6,8-10H2,1-4H3. The molecule has 1 aromatic rings. The molecule has 2 rings (SSSR count). The van der Waals surface area contributed by atoms with E-state index in [1.165, 1.54) is 33.2 Å². The fraction of sp³-hybridized carbons (Fsp3) is 0.733. The summed E-state index contributed by atoms with van der Waals surface area (Å²) < 4.78 is 0. The molecule has 1 aliphatic heterocycles. The molecular weight excluding hydrogens is 272 g/mol. The molecule has 1 aliphatic rings. The summed E-state index contributed by atoms with van der Waals surface area (Å²) in [5.74, 6) is 2.64. The monoisotopic (exact) mass is 298 g/mol. The molecule has 2 heterocycles. The van der Waals surface area contributed by atoms with Gasteiger partial charge in [0.25, 0.3) is 0 Å². The van der Waals surface area contributed by atoms with Crippen LogP contribution in [0.1, 0.15) is 35.6 Å². The summed E-state index contributed by atoms with van der Waals surface area (Å²) in [5, 5.41) is 3.50. The van der Waals surface area contributed by atoms with Crippen molar-refractivity contribution >= 4 is 23.1 Å². The molecule has 2 nitrogen and oxygen atoms in total. The highest BCUT2D eigenvalue weighted by atomic mass is 32.2. The number of thioether (sulfide) groups is 1. The second kappa shape index (κ2) is 7.11. The Labute approximate surface area is 126 Å². The van der Waals surface area contributed by atoms with Crippen LogP contribution in [0.2, 0.25) is 0 Å². The quantitative estimate of drug-likeness (QED) is 0.865. The molecule has 0 bridgehead atoms. The molecule has 4 heteroatoms. The van der Waals surface area contributed by atoms with E-state index in [0.717, 1.165) is 19.1 Å². The van der Waals surface area contributed by atoms with E-state index in [-0.39, 0.29) is 0 Å². The van der Waals surface area contributed by atoms with Crippen LogP contribution in [0.25, 0.3) is 0 Å². The smallest absolute Gasteiger partial charge is 0.0302 e. The molecule has 0 aromatic carbocycles. The summed E-state index contributed by atoms with van der Waals surface area (Å²) in [5.41, 5.74) is 1.52. The maximum atomic E-state index is 3.50. The van der Waals surface area contributed by atoms with Crippen LogP contribution in [0.5, 0.6) is 0 Å². The van der Waals surface area contributed by atoms with Gasteiger partial charge in [0.15, 0.2) is 0 Å². The third kappa shape index (κ3) is 4.48. The maximum Gasteiger partial charge on any atom is 0.0302 e. The molecule has 108 valence electrons. The average Bonchev–Trinajstić information content (AvgIpc) is 2.97. The van der Waals surface area contributed by atoms with Gasteiger partial charge >= 0.3 is 0 Å². The van der Waals surface area contributed by atoms with Crippen LogP contribution in [0.3, 0.4) is 0 Å². The van der Waals surface area contributed by atoms with Gasteiger partial charge in [-0.25, -0.2) is 0 Å². The van der Waals surface area contributed by atoms with Crippen molar-refractivity contribution in [2.24, 2.45) is 0 Å². The lowest BCUT2D eigenvalue weighted by Crippen LogP contribution is -2.30. The molecule has 19 heavy (non-hydrogen) atoms. The van der Waals surface area contributed by atoms with E-state index in [1.807, 2.05) is 11.3 Å². The highest BCUT2D eigenvalue weighted by Gasteiger charge is 2.20. The van der Waals surface area contributed by atoms with Crippen molar-refractivity contribution in [1.29, 1.82) is 0 Å². The minimum atomic E-state index is 0.559. The van der Waals surface area contributed by atoms with Crippen molar-refractivity contribution in [2.75, 3.05) is 18.6 Å². The van der Waals surface area contributed by atoms with Crippen LogP contribution in [0.4, 0.5) is 0 Å². The largest absolute Gasteiger partial charge is 0.310 e. The zero-order chi connectivity index (χ0) is 13.8. The van der Waals surface area contributed by atoms with Crippen molar-refractivity contribution in [1.82, 2.24) is 10.2 Å². The van der Waals surface area contributed by atoms with E-state index in [2.05, 4.69) is 55.9 Å². The normalized spacial score (nSPS) is 19.8. The maximum absolute atomic E-state index is 3.50. The molecule has 0 aliphatic carbocycles. The van der Waals surface area contributed by atoms with Crippen molar-refractivity contribution < 1.29 is 0 Å². The summed E-state index contributed by atoms with van der Waals surface area (Å²) in [6.07, 6.45) is 1.35. The molecule has 0 spiro atoms. The van der Waals surface area contributed by atoms with Gasteiger partial charge in [0.2, 0.25) is 0 Å². The fourth-order valence-corrected chi connectivity index (χ4v) is 4.71. The minimum Gasteiger partial charge on any atom is -0.310 e. The van der Waals surface area contributed by atoms with Crippen LogP contribution in [-0.4, -0.2) is 35.5 Å². The predicted molar refractivity (Wildman–Crippen MR) is 88.2 cm³/mol. The molecule has 1 N–H and O–H groups in total. The molecule has 1 aromatic heterocycles. The third-order valence-electron chi connectivity index (χ3n) is 3.70. The Morgan fingerprint density at radius 1 is 1.47 bits per heavy atom. The predicted octanol–water partition coefficient (Wildman–Crippen LogP) is 3.49. The van der Waals surface area contributed by atoms with Crippen molar-refractivity contribution in [3.8, 4) is 0 Å². The topological polar surface area (TPSA) is 15.3 Å². The van der Waals surface area contributed by atoms with Crippen molar-refractivity contribution in [3.05, 3.63) is 21.4 Å². The summed E-state index contributed by atoms with van der Waals surface area (Å²) in [6, 6.07) is 3.74. The van der Waals surface area contributed by atoms with Crippen LogP contribution in [-0.2, 0) is 13.1 Å². The molecule has 1 saturated heterocycles. The Morgan fingerprint density at radius 2 is 2.26 bits per heavy atom. The second-order valence-electron chi connectivity index (χ2n) is 5.76. The Kier molecular flexibility index (Phi) is 5.75. The molecule has 0 radical (unpaired) electrons. The van der Waals surface area contributed by atoms with E-state index in [9.17, 15) is 0 Å². The number of rotatable bonds is 6. The Morgan fingerprint density at radius 3 is 2.89 bits per heavy atom. The van der Waals surface area contributed by atoms with Gasteiger partial charge in [0.05, 0.1) is 0 Å². The molecule has 0 amide bonds. The number of aryl methyl sites for hydroxylation is 1. The van der Waals surface area contributed by atoms with Crippen LogP contribution < -0.4 is 5.32 Å². The zero-order valence-electron chi connectivity index (χ0n) is 12.5. The SMILES string of the molecule is Cc1sc(CNC(C)C)cc1CN(C)C1CCSC1. The van der Waals surface area contributed by atoms with E-state index in [1.54, 1.807) is 0 Å². The van der Waals surface area contributed by atoms with E-state index in [4.69, 9.17) is 0 Å². The van der Waals surface area contributed by atoms with Gasteiger partial charge < -0.3 is 5.32 Å². The molecule has 1 unspecified atom stereocenters. The van der Waals surface area contributed by atoms with Crippen LogP contribution in [0, 0.1) is 6.92 Å².